The van der Waals surface area contributed by atoms with Crippen molar-refractivity contribution in [3.63, 3.8) is 0 Å². The molecule has 0 radical (unpaired) electrons. The molecule has 2 atom stereocenters. The molecule has 0 bridgehead atoms. The Hall–Kier alpha value is -3.92. The molecule has 2 aliphatic heterocycles. The van der Waals surface area contributed by atoms with Crippen molar-refractivity contribution in [3.8, 4) is 5.88 Å². The molecule has 5 N–H and O–H groups in total. The van der Waals surface area contributed by atoms with E-state index in [1.165, 1.54) is 35.4 Å². The van der Waals surface area contributed by atoms with Gasteiger partial charge in [-0.25, -0.2) is 14.2 Å². The zero-order chi connectivity index (χ0) is 25.1. The Morgan fingerprint density at radius 1 is 1.46 bits per heavy atom. The minimum Gasteiger partial charge on any atom is -0.477 e. The number of fused-ring (bicyclic) bond motifs is 1. The fraction of sp³-hybridized carbons (Fsp3) is 0.263. The van der Waals surface area contributed by atoms with Crippen LogP contribution in [0.2, 0.25) is 0 Å². The number of carboxylic acid groups (broad SMARTS) is 1. The van der Waals surface area contributed by atoms with Crippen LogP contribution in [0.1, 0.15) is 11.5 Å². The summed E-state index contributed by atoms with van der Waals surface area (Å²) in [5.41, 5.74) is 5.24. The smallest absolute Gasteiger partial charge is 0.352 e. The van der Waals surface area contributed by atoms with E-state index in [0.29, 0.717) is 5.57 Å². The third-order valence-electron chi connectivity index (χ3n) is 4.85. The number of anilines is 1. The van der Waals surface area contributed by atoms with Crippen LogP contribution in [0, 0.1) is 0 Å². The number of aromatic nitrogens is 2. The maximum atomic E-state index is 12.8. The molecule has 1 saturated heterocycles. The highest BCUT2D eigenvalue weighted by Crippen LogP contribution is 2.40. The molecule has 0 unspecified atom stereocenters. The molecule has 2 aromatic rings. The summed E-state index contributed by atoms with van der Waals surface area (Å²) in [5.74, 6) is -2.30. The molecule has 184 valence electrons. The largest absolute Gasteiger partial charge is 0.477 e. The van der Waals surface area contributed by atoms with Gasteiger partial charge in [0.1, 0.15) is 36.1 Å². The number of oxime groups is 1. The molecule has 4 heterocycles. The minimum atomic E-state index is -1.33. The second kappa shape index (κ2) is 10.1. The molecule has 0 aliphatic carbocycles. The number of thiazole rings is 1. The minimum absolute atomic E-state index is 0.0386. The molecule has 2 amide bonds. The summed E-state index contributed by atoms with van der Waals surface area (Å²) >= 11 is 2.28. The van der Waals surface area contributed by atoms with Crippen LogP contribution < -0.4 is 15.8 Å². The lowest BCUT2D eigenvalue weighted by Crippen LogP contribution is -2.71. The van der Waals surface area contributed by atoms with Gasteiger partial charge in [-0.15, -0.1) is 23.1 Å². The molecule has 0 aromatic carbocycles. The van der Waals surface area contributed by atoms with Gasteiger partial charge in [0.15, 0.2) is 16.6 Å². The molecule has 0 spiro atoms. The number of allylic oxidation sites excluding steroid dienone is 1. The Balaban J connectivity index is 1.48. The number of nitrogens with zero attached hydrogens (tertiary/aromatic N) is 4. The zero-order valence-electron chi connectivity index (χ0n) is 17.6. The van der Waals surface area contributed by atoms with Crippen LogP contribution in [0.15, 0.2) is 38.5 Å². The van der Waals surface area contributed by atoms with Crippen molar-refractivity contribution in [3.05, 3.63) is 40.2 Å². The maximum absolute atomic E-state index is 12.8. The van der Waals surface area contributed by atoms with Crippen molar-refractivity contribution in [2.24, 2.45) is 5.16 Å². The number of β-lactam (4-membered cyclic amide) rings is 1. The van der Waals surface area contributed by atoms with Gasteiger partial charge in [0.2, 0.25) is 0 Å². The number of nitrogen functional groups attached to an aromatic ring is 1. The third-order valence-corrected chi connectivity index (χ3v) is 6.83. The number of halogens is 1. The van der Waals surface area contributed by atoms with Crippen LogP contribution in [0.4, 0.5) is 9.52 Å². The number of carbonyl (C=O) groups is 3. The fourth-order valence-corrected chi connectivity index (χ4v) is 5.20. The van der Waals surface area contributed by atoms with Crippen molar-refractivity contribution >= 4 is 57.8 Å². The summed E-state index contributed by atoms with van der Waals surface area (Å²) in [6, 6.07) is 0.368. The average molecular weight is 525 g/mol. The van der Waals surface area contributed by atoms with Crippen LogP contribution in [-0.2, 0) is 14.4 Å². The number of rotatable bonds is 9. The monoisotopic (exact) mass is 524 g/mol. The first-order chi connectivity index (χ1) is 16.8. The Morgan fingerprint density at radius 2 is 2.26 bits per heavy atom. The molecule has 0 saturated carbocycles. The molecule has 13 nitrogen and oxygen atoms in total. The second-order valence-electron chi connectivity index (χ2n) is 7.00. The Morgan fingerprint density at radius 3 is 2.91 bits per heavy atom. The van der Waals surface area contributed by atoms with Crippen LogP contribution in [0.5, 0.6) is 5.88 Å². The second-order valence-corrected chi connectivity index (χ2v) is 8.99. The molecular weight excluding hydrogens is 507 g/mol. The summed E-state index contributed by atoms with van der Waals surface area (Å²) < 4.78 is 22.2. The van der Waals surface area contributed by atoms with Gasteiger partial charge < -0.3 is 30.6 Å². The quantitative estimate of drug-likeness (QED) is 0.156. The molecular formula is C19H17FN6O7S2. The van der Waals surface area contributed by atoms with Gasteiger partial charge in [0.05, 0.1) is 0 Å². The molecule has 35 heavy (non-hydrogen) atoms. The summed E-state index contributed by atoms with van der Waals surface area (Å²) in [4.78, 5) is 42.3. The zero-order valence-corrected chi connectivity index (χ0v) is 19.2. The molecule has 2 aliphatic rings. The number of thioether (sulfide) groups is 1. The number of nitrogens with two attached hydrogens (primary N) is 1. The highest BCUT2D eigenvalue weighted by Gasteiger charge is 2.54. The summed E-state index contributed by atoms with van der Waals surface area (Å²) in [5, 5.41) is 28.9. The highest BCUT2D eigenvalue weighted by atomic mass is 32.2. The lowest BCUT2D eigenvalue weighted by atomic mass is 10.0. The van der Waals surface area contributed by atoms with E-state index in [-0.39, 0.29) is 40.5 Å². The van der Waals surface area contributed by atoms with Gasteiger partial charge in [0.25, 0.3) is 17.7 Å². The van der Waals surface area contributed by atoms with Gasteiger partial charge >= 0.3 is 5.97 Å². The van der Waals surface area contributed by atoms with E-state index in [0.717, 1.165) is 16.2 Å². The molecule has 4 rings (SSSR count). The van der Waals surface area contributed by atoms with Gasteiger partial charge in [0, 0.05) is 17.2 Å². The standard InChI is InChI=1S/C19H17FN6O7S2/c20-3-4-32-11-5-9(33-25-11)2-1-8-6-34-17-13(16(28)26(17)14(8)18(29)30)23-15(27)12(24-31)10-7-35-19(21)22-10/h1-2,5,7,13,17,31H,3-4,6H2,(H2,21,22)(H,23,27)(H,29,30)/b2-1-,24-12-/t13-,17-/m1/s1. The van der Waals surface area contributed by atoms with Crippen LogP contribution in [0.25, 0.3) is 6.08 Å². The lowest BCUT2D eigenvalue weighted by molar-refractivity contribution is -0.150. The number of carboxylic acids is 1. The predicted octanol–water partition coefficient (Wildman–Crippen LogP) is 0.692. The van der Waals surface area contributed by atoms with E-state index < -0.39 is 41.6 Å². The SMILES string of the molecule is Nc1nc(/C(=N/O)C(=O)N[C@@H]2C(=O)N3C(C(=O)O)=C(/C=C\c4cc(OCCF)no4)CS[C@H]23)cs1. The summed E-state index contributed by atoms with van der Waals surface area (Å²) in [6.45, 7) is -0.871. The number of ether oxygens (including phenoxy) is 1. The van der Waals surface area contributed by atoms with Crippen LogP contribution >= 0.6 is 23.1 Å². The van der Waals surface area contributed by atoms with Gasteiger partial charge in [-0.1, -0.05) is 11.2 Å². The maximum Gasteiger partial charge on any atom is 0.352 e. The van der Waals surface area contributed by atoms with Crippen molar-refractivity contribution < 1.29 is 38.3 Å². The van der Waals surface area contributed by atoms with E-state index in [9.17, 15) is 29.1 Å². The first-order valence-corrected chi connectivity index (χ1v) is 11.8. The first kappa shape index (κ1) is 24.2. The van der Waals surface area contributed by atoms with Gasteiger partial charge in [-0.2, -0.15) is 0 Å². The van der Waals surface area contributed by atoms with Crippen molar-refractivity contribution in [1.29, 1.82) is 0 Å². The van der Waals surface area contributed by atoms with Crippen LogP contribution in [0.3, 0.4) is 0 Å². The number of amides is 2. The summed E-state index contributed by atoms with van der Waals surface area (Å²) in [7, 11) is 0. The Kier molecular flexibility index (Phi) is 7.02. The lowest BCUT2D eigenvalue weighted by Gasteiger charge is -2.49. The highest BCUT2D eigenvalue weighted by molar-refractivity contribution is 8.00. The number of carbonyl (C=O) groups excluding carboxylic acids is 2. The topological polar surface area (TPSA) is 193 Å². The Bertz CT molecular complexity index is 1260. The van der Waals surface area contributed by atoms with Gasteiger partial charge in [-0.3, -0.25) is 14.5 Å². The molecule has 2 aromatic heterocycles. The number of hydrogen-bond acceptors (Lipinski definition) is 12. The average Bonchev–Trinajstić information content (AvgIpc) is 3.48. The van der Waals surface area contributed by atoms with E-state index in [1.54, 1.807) is 0 Å². The van der Waals surface area contributed by atoms with Crippen LogP contribution in [-0.4, -0.2) is 79.3 Å². The first-order valence-electron chi connectivity index (χ1n) is 9.83. The normalized spacial score (nSPS) is 20.1. The summed E-state index contributed by atoms with van der Waals surface area (Å²) in [6.07, 6.45) is 2.91. The van der Waals surface area contributed by atoms with E-state index in [1.807, 2.05) is 0 Å². The third kappa shape index (κ3) is 4.83. The number of alkyl halides is 1. The van der Waals surface area contributed by atoms with E-state index in [2.05, 4.69) is 20.6 Å². The van der Waals surface area contributed by atoms with E-state index >= 15 is 0 Å². The molecule has 1 fully saturated rings. The van der Waals surface area contributed by atoms with Crippen molar-refractivity contribution in [2.75, 3.05) is 24.8 Å². The van der Waals surface area contributed by atoms with Crippen molar-refractivity contribution in [2.45, 2.75) is 11.4 Å². The number of aliphatic carboxylic acids is 1. The predicted molar refractivity (Wildman–Crippen MR) is 122 cm³/mol. The Labute approximate surface area is 204 Å². The number of nitrogens with one attached hydrogen (secondary N) is 1. The van der Waals surface area contributed by atoms with E-state index in [4.69, 9.17) is 15.0 Å². The fourth-order valence-electron chi connectivity index (χ4n) is 3.33. The number of hydrogen-bond donors (Lipinski definition) is 4. The van der Waals surface area contributed by atoms with Gasteiger partial charge in [-0.05, 0) is 16.8 Å². The molecule has 16 heteroatoms. The van der Waals surface area contributed by atoms with Crippen molar-refractivity contribution in [1.82, 2.24) is 20.4 Å².